The summed E-state index contributed by atoms with van der Waals surface area (Å²) in [5.74, 6) is 0.702. The van der Waals surface area contributed by atoms with Crippen LogP contribution in [0.1, 0.15) is 38.1 Å². The monoisotopic (exact) mass is 316 g/mol. The van der Waals surface area contributed by atoms with Crippen molar-refractivity contribution in [3.05, 3.63) is 36.2 Å². The van der Waals surface area contributed by atoms with Crippen molar-refractivity contribution < 1.29 is 9.90 Å². The Morgan fingerprint density at radius 3 is 2.43 bits per heavy atom. The van der Waals surface area contributed by atoms with Gasteiger partial charge in [0.25, 0.3) is 5.91 Å². The maximum absolute atomic E-state index is 12.6. The summed E-state index contributed by atoms with van der Waals surface area (Å²) < 4.78 is 1.95. The Morgan fingerprint density at radius 1 is 1.26 bits per heavy atom. The van der Waals surface area contributed by atoms with Gasteiger partial charge in [-0.3, -0.25) is 4.79 Å². The summed E-state index contributed by atoms with van der Waals surface area (Å²) in [6.45, 7) is 8.97. The molecule has 0 fully saturated rings. The number of benzene rings is 1. The molecule has 1 aromatic heterocycles. The highest BCUT2D eigenvalue weighted by Crippen LogP contribution is 2.18. The Hall–Kier alpha value is -2.21. The molecule has 0 aliphatic carbocycles. The number of aromatic nitrogens is 3. The molecule has 23 heavy (non-hydrogen) atoms. The lowest BCUT2D eigenvalue weighted by molar-refractivity contribution is 0.0314. The molecular weight excluding hydrogens is 292 g/mol. The first-order valence-corrected chi connectivity index (χ1v) is 7.85. The fraction of sp³-hybridized carbons (Fsp3) is 0.471. The number of amides is 1. The number of aliphatic hydroxyl groups is 1. The lowest BCUT2D eigenvalue weighted by Gasteiger charge is -2.28. The average Bonchev–Trinajstić information content (AvgIpc) is 2.99. The van der Waals surface area contributed by atoms with E-state index in [1.165, 1.54) is 0 Å². The molecule has 0 aliphatic rings. The number of hydrogen-bond donors (Lipinski definition) is 1. The van der Waals surface area contributed by atoms with Crippen LogP contribution in [0.5, 0.6) is 0 Å². The molecule has 1 aromatic carbocycles. The van der Waals surface area contributed by atoms with E-state index in [2.05, 4.69) is 10.2 Å². The number of nitrogens with zero attached hydrogens (tertiary/aromatic N) is 4. The van der Waals surface area contributed by atoms with Gasteiger partial charge in [0.15, 0.2) is 5.82 Å². The van der Waals surface area contributed by atoms with Crippen LogP contribution in [0.15, 0.2) is 30.6 Å². The minimum Gasteiger partial charge on any atom is -0.389 e. The smallest absolute Gasteiger partial charge is 0.253 e. The SMILES string of the molecule is CCN(CC(C)(C)O)C(=O)c1ccc(-c2nncn2CC)cc1. The Bertz CT molecular complexity index is 656. The van der Waals surface area contributed by atoms with Crippen molar-refractivity contribution in [2.75, 3.05) is 13.1 Å². The molecule has 0 saturated carbocycles. The highest BCUT2D eigenvalue weighted by molar-refractivity contribution is 5.94. The lowest BCUT2D eigenvalue weighted by Crippen LogP contribution is -2.42. The third-order valence-electron chi connectivity index (χ3n) is 3.59. The second kappa shape index (κ2) is 6.91. The molecule has 0 spiro atoms. The van der Waals surface area contributed by atoms with Crippen LogP contribution in [0.4, 0.5) is 0 Å². The summed E-state index contributed by atoms with van der Waals surface area (Å²) in [5.41, 5.74) is 0.609. The van der Waals surface area contributed by atoms with Crippen molar-refractivity contribution in [3.63, 3.8) is 0 Å². The minimum atomic E-state index is -0.914. The molecule has 0 unspecified atom stereocenters. The molecule has 0 atom stereocenters. The summed E-state index contributed by atoms with van der Waals surface area (Å²) in [7, 11) is 0. The van der Waals surface area contributed by atoms with E-state index in [0.717, 1.165) is 17.9 Å². The van der Waals surface area contributed by atoms with E-state index in [-0.39, 0.29) is 5.91 Å². The number of likely N-dealkylation sites (N-methyl/N-ethyl adjacent to an activating group) is 1. The Balaban J connectivity index is 2.20. The fourth-order valence-corrected chi connectivity index (χ4v) is 2.45. The molecule has 2 rings (SSSR count). The van der Waals surface area contributed by atoms with E-state index < -0.39 is 5.60 Å². The van der Waals surface area contributed by atoms with E-state index in [1.54, 1.807) is 37.2 Å². The van der Waals surface area contributed by atoms with Gasteiger partial charge >= 0.3 is 0 Å². The third kappa shape index (κ3) is 4.16. The maximum atomic E-state index is 12.6. The van der Waals surface area contributed by atoms with Crippen molar-refractivity contribution in [2.24, 2.45) is 0 Å². The zero-order valence-electron chi connectivity index (χ0n) is 14.2. The van der Waals surface area contributed by atoms with Crippen LogP contribution in [0.3, 0.4) is 0 Å². The minimum absolute atomic E-state index is 0.0851. The molecule has 6 nitrogen and oxygen atoms in total. The topological polar surface area (TPSA) is 71.2 Å². The quantitative estimate of drug-likeness (QED) is 0.887. The summed E-state index contributed by atoms with van der Waals surface area (Å²) in [6.07, 6.45) is 1.69. The van der Waals surface area contributed by atoms with Gasteiger partial charge in [-0.05, 0) is 39.8 Å². The number of rotatable bonds is 6. The molecule has 124 valence electrons. The first-order chi connectivity index (χ1) is 10.9. The molecular formula is C17H24N4O2. The average molecular weight is 316 g/mol. The van der Waals surface area contributed by atoms with Gasteiger partial charge < -0.3 is 14.6 Å². The van der Waals surface area contributed by atoms with Gasteiger partial charge in [-0.1, -0.05) is 12.1 Å². The molecule has 1 amide bonds. The summed E-state index contributed by atoms with van der Waals surface area (Å²) in [6, 6.07) is 7.33. The number of carbonyl (C=O) groups excluding carboxylic acids is 1. The van der Waals surface area contributed by atoms with E-state index in [9.17, 15) is 9.90 Å². The summed E-state index contributed by atoms with van der Waals surface area (Å²) >= 11 is 0. The van der Waals surface area contributed by atoms with E-state index in [1.807, 2.05) is 30.5 Å². The van der Waals surface area contributed by atoms with Crippen LogP contribution < -0.4 is 0 Å². The summed E-state index contributed by atoms with van der Waals surface area (Å²) in [4.78, 5) is 14.2. The maximum Gasteiger partial charge on any atom is 0.253 e. The van der Waals surface area contributed by atoms with Crippen molar-refractivity contribution in [1.29, 1.82) is 0 Å². The predicted octanol–water partition coefficient (Wildman–Crippen LogP) is 2.20. The molecule has 1 heterocycles. The molecule has 0 aliphatic heterocycles. The highest BCUT2D eigenvalue weighted by atomic mass is 16.3. The van der Waals surface area contributed by atoms with Gasteiger partial charge in [0.1, 0.15) is 6.33 Å². The Kier molecular flexibility index (Phi) is 5.15. The summed E-state index contributed by atoms with van der Waals surface area (Å²) in [5, 5.41) is 18.0. The Labute approximate surface area is 136 Å². The van der Waals surface area contributed by atoms with Crippen LogP contribution in [0.25, 0.3) is 11.4 Å². The van der Waals surface area contributed by atoms with E-state index >= 15 is 0 Å². The van der Waals surface area contributed by atoms with Gasteiger partial charge in [-0.15, -0.1) is 10.2 Å². The molecule has 1 N–H and O–H groups in total. The zero-order valence-corrected chi connectivity index (χ0v) is 14.2. The number of hydrogen-bond acceptors (Lipinski definition) is 4. The van der Waals surface area contributed by atoms with Crippen molar-refractivity contribution in [2.45, 2.75) is 39.8 Å². The lowest BCUT2D eigenvalue weighted by atomic mass is 10.1. The second-order valence-corrected chi connectivity index (χ2v) is 6.15. The van der Waals surface area contributed by atoms with Crippen LogP contribution in [0, 0.1) is 0 Å². The third-order valence-corrected chi connectivity index (χ3v) is 3.59. The van der Waals surface area contributed by atoms with Gasteiger partial charge in [0.05, 0.1) is 5.60 Å². The normalized spacial score (nSPS) is 11.5. The van der Waals surface area contributed by atoms with E-state index in [4.69, 9.17) is 0 Å². The standard InChI is InChI=1S/C17H24N4O2/c1-5-20(11-17(3,4)23)16(22)14-9-7-13(8-10-14)15-19-18-12-21(15)6-2/h7-10,12,23H,5-6,11H2,1-4H3. The molecule has 2 aromatic rings. The van der Waals surface area contributed by atoms with Crippen LogP contribution in [-0.4, -0.2) is 49.4 Å². The zero-order chi connectivity index (χ0) is 17.0. The molecule has 0 saturated heterocycles. The van der Waals surface area contributed by atoms with Crippen molar-refractivity contribution in [1.82, 2.24) is 19.7 Å². The molecule has 6 heteroatoms. The highest BCUT2D eigenvalue weighted by Gasteiger charge is 2.22. The van der Waals surface area contributed by atoms with Gasteiger partial charge in [0.2, 0.25) is 0 Å². The van der Waals surface area contributed by atoms with Crippen LogP contribution in [-0.2, 0) is 6.54 Å². The van der Waals surface area contributed by atoms with Gasteiger partial charge in [-0.25, -0.2) is 0 Å². The van der Waals surface area contributed by atoms with Gasteiger partial charge in [-0.2, -0.15) is 0 Å². The molecule has 0 bridgehead atoms. The first-order valence-electron chi connectivity index (χ1n) is 7.85. The number of aryl methyl sites for hydroxylation is 1. The van der Waals surface area contributed by atoms with Crippen LogP contribution in [0.2, 0.25) is 0 Å². The Morgan fingerprint density at radius 2 is 1.91 bits per heavy atom. The first kappa shape index (κ1) is 17.1. The number of carbonyl (C=O) groups is 1. The van der Waals surface area contributed by atoms with Gasteiger partial charge in [0, 0.05) is 30.8 Å². The second-order valence-electron chi connectivity index (χ2n) is 6.15. The van der Waals surface area contributed by atoms with Crippen molar-refractivity contribution >= 4 is 5.91 Å². The predicted molar refractivity (Wildman–Crippen MR) is 89.0 cm³/mol. The molecule has 0 radical (unpaired) electrons. The van der Waals surface area contributed by atoms with Crippen LogP contribution >= 0.6 is 0 Å². The fourth-order valence-electron chi connectivity index (χ4n) is 2.45. The van der Waals surface area contributed by atoms with E-state index in [0.29, 0.717) is 18.7 Å². The largest absolute Gasteiger partial charge is 0.389 e. The van der Waals surface area contributed by atoms with Crippen molar-refractivity contribution in [3.8, 4) is 11.4 Å².